The molecule has 3 rings (SSSR count). The van der Waals surface area contributed by atoms with Crippen LogP contribution in [-0.2, 0) is 16.1 Å². The lowest BCUT2D eigenvalue weighted by atomic mass is 10.1. The van der Waals surface area contributed by atoms with E-state index in [2.05, 4.69) is 0 Å². The largest absolute Gasteiger partial charge is 0.481 e. The predicted molar refractivity (Wildman–Crippen MR) is 91.1 cm³/mol. The van der Waals surface area contributed by atoms with Gasteiger partial charge in [0.05, 0.1) is 5.56 Å². The summed E-state index contributed by atoms with van der Waals surface area (Å²) < 4.78 is 10.6. The summed E-state index contributed by atoms with van der Waals surface area (Å²) in [5.74, 6) is -0.113. The van der Waals surface area contributed by atoms with E-state index >= 15 is 0 Å². The van der Waals surface area contributed by atoms with Gasteiger partial charge in [-0.2, -0.15) is 0 Å². The summed E-state index contributed by atoms with van der Waals surface area (Å²) in [6.07, 6.45) is 0.691. The van der Waals surface area contributed by atoms with Crippen LogP contribution in [0.2, 0.25) is 0 Å². The highest BCUT2D eigenvalue weighted by Crippen LogP contribution is 2.19. The number of hydrogen-bond acceptors (Lipinski definition) is 4. The van der Waals surface area contributed by atoms with E-state index < -0.39 is 5.97 Å². The van der Waals surface area contributed by atoms with Crippen molar-refractivity contribution in [1.82, 2.24) is 0 Å². The standard InChI is InChI=1S/C20H16O4/c21-12-16-7-2-4-11-19(16)23-14-20(22)24-13-17-9-5-8-15-6-1-3-10-18(15)17/h1-12H,13-14H2. The summed E-state index contributed by atoms with van der Waals surface area (Å²) in [5, 5.41) is 2.15. The van der Waals surface area contributed by atoms with Crippen LogP contribution < -0.4 is 4.74 Å². The van der Waals surface area contributed by atoms with Gasteiger partial charge in [-0.05, 0) is 28.5 Å². The summed E-state index contributed by atoms with van der Waals surface area (Å²) in [6, 6.07) is 20.5. The predicted octanol–water partition coefficient (Wildman–Crippen LogP) is 3.77. The maximum absolute atomic E-state index is 11.9. The van der Waals surface area contributed by atoms with Crippen LogP contribution in [-0.4, -0.2) is 18.9 Å². The van der Waals surface area contributed by atoms with E-state index in [9.17, 15) is 9.59 Å². The minimum atomic E-state index is -0.483. The van der Waals surface area contributed by atoms with Gasteiger partial charge in [0.15, 0.2) is 12.9 Å². The average Bonchev–Trinajstić information content (AvgIpc) is 2.64. The molecule has 0 radical (unpaired) electrons. The van der Waals surface area contributed by atoms with Crippen molar-refractivity contribution in [2.75, 3.05) is 6.61 Å². The fourth-order valence-corrected chi connectivity index (χ4v) is 2.46. The topological polar surface area (TPSA) is 52.6 Å². The molecule has 0 atom stereocenters. The molecule has 0 spiro atoms. The molecule has 0 amide bonds. The Hall–Kier alpha value is -3.14. The second-order valence-corrected chi connectivity index (χ2v) is 5.24. The second kappa shape index (κ2) is 7.42. The summed E-state index contributed by atoms with van der Waals surface area (Å²) >= 11 is 0. The van der Waals surface area contributed by atoms with Crippen LogP contribution in [0, 0.1) is 0 Å². The van der Waals surface area contributed by atoms with E-state index in [1.165, 1.54) is 0 Å². The highest BCUT2D eigenvalue weighted by molar-refractivity contribution is 5.85. The molecular formula is C20H16O4. The molecule has 0 aliphatic carbocycles. The van der Waals surface area contributed by atoms with Gasteiger partial charge < -0.3 is 9.47 Å². The summed E-state index contributed by atoms with van der Waals surface area (Å²) in [5.41, 5.74) is 1.34. The van der Waals surface area contributed by atoms with Crippen LogP contribution in [0.25, 0.3) is 10.8 Å². The van der Waals surface area contributed by atoms with Gasteiger partial charge in [-0.15, -0.1) is 0 Å². The first kappa shape index (κ1) is 15.7. The van der Waals surface area contributed by atoms with Crippen LogP contribution >= 0.6 is 0 Å². The third-order valence-electron chi connectivity index (χ3n) is 3.66. The van der Waals surface area contributed by atoms with Crippen molar-refractivity contribution in [3.63, 3.8) is 0 Å². The normalized spacial score (nSPS) is 10.3. The molecule has 0 saturated heterocycles. The molecule has 0 aliphatic heterocycles. The van der Waals surface area contributed by atoms with Crippen LogP contribution in [0.1, 0.15) is 15.9 Å². The molecule has 24 heavy (non-hydrogen) atoms. The molecule has 4 heteroatoms. The van der Waals surface area contributed by atoms with Crippen molar-refractivity contribution in [1.29, 1.82) is 0 Å². The zero-order valence-corrected chi connectivity index (χ0v) is 13.0. The number of esters is 1. The number of fused-ring (bicyclic) bond motifs is 1. The van der Waals surface area contributed by atoms with Crippen molar-refractivity contribution in [3.05, 3.63) is 77.9 Å². The van der Waals surface area contributed by atoms with E-state index in [-0.39, 0.29) is 13.2 Å². The van der Waals surface area contributed by atoms with Gasteiger partial charge in [-0.25, -0.2) is 4.79 Å². The lowest BCUT2D eigenvalue weighted by Gasteiger charge is -2.10. The first-order valence-corrected chi connectivity index (χ1v) is 7.57. The van der Waals surface area contributed by atoms with E-state index in [0.717, 1.165) is 16.3 Å². The summed E-state index contributed by atoms with van der Waals surface area (Å²) in [7, 11) is 0. The molecule has 0 heterocycles. The number of para-hydroxylation sites is 1. The van der Waals surface area contributed by atoms with Gasteiger partial charge in [-0.3, -0.25) is 4.79 Å². The Morgan fingerprint density at radius 3 is 2.54 bits per heavy atom. The monoisotopic (exact) mass is 320 g/mol. The molecule has 3 aromatic rings. The number of ether oxygens (including phenoxy) is 2. The van der Waals surface area contributed by atoms with Crippen LogP contribution in [0.5, 0.6) is 5.75 Å². The van der Waals surface area contributed by atoms with Crippen LogP contribution in [0.4, 0.5) is 0 Å². The van der Waals surface area contributed by atoms with Crippen molar-refractivity contribution in [3.8, 4) is 5.75 Å². The molecule has 120 valence electrons. The van der Waals surface area contributed by atoms with Gasteiger partial charge in [0.1, 0.15) is 12.4 Å². The first-order chi connectivity index (χ1) is 11.8. The van der Waals surface area contributed by atoms with Gasteiger partial charge in [0, 0.05) is 0 Å². The lowest BCUT2D eigenvalue weighted by molar-refractivity contribution is -0.147. The SMILES string of the molecule is O=Cc1ccccc1OCC(=O)OCc1cccc2ccccc12. The highest BCUT2D eigenvalue weighted by atomic mass is 16.6. The quantitative estimate of drug-likeness (QED) is 0.512. The van der Waals surface area contributed by atoms with E-state index in [1.54, 1.807) is 24.3 Å². The second-order valence-electron chi connectivity index (χ2n) is 5.24. The minimum Gasteiger partial charge on any atom is -0.481 e. The Balaban J connectivity index is 1.60. The van der Waals surface area contributed by atoms with Crippen molar-refractivity contribution in [2.24, 2.45) is 0 Å². The van der Waals surface area contributed by atoms with E-state index in [4.69, 9.17) is 9.47 Å². The smallest absolute Gasteiger partial charge is 0.344 e. The van der Waals surface area contributed by atoms with E-state index in [1.807, 2.05) is 42.5 Å². The number of hydrogen-bond donors (Lipinski definition) is 0. The third-order valence-corrected chi connectivity index (χ3v) is 3.66. The summed E-state index contributed by atoms with van der Waals surface area (Å²) in [4.78, 5) is 22.8. The molecule has 0 fully saturated rings. The van der Waals surface area contributed by atoms with Crippen molar-refractivity contribution < 1.29 is 19.1 Å². The summed E-state index contributed by atoms with van der Waals surface area (Å²) in [6.45, 7) is -0.0610. The van der Waals surface area contributed by atoms with Crippen molar-refractivity contribution >= 4 is 23.0 Å². The maximum Gasteiger partial charge on any atom is 0.344 e. The molecule has 0 saturated carbocycles. The number of carbonyl (C=O) groups is 2. The Bertz CT molecular complexity index is 865. The third kappa shape index (κ3) is 3.60. The van der Waals surface area contributed by atoms with Crippen LogP contribution in [0.3, 0.4) is 0 Å². The number of carbonyl (C=O) groups excluding carboxylic acids is 2. The Labute approximate surface area is 139 Å². The minimum absolute atomic E-state index is 0.179. The molecule has 0 bridgehead atoms. The Morgan fingerprint density at radius 2 is 1.67 bits per heavy atom. The zero-order chi connectivity index (χ0) is 16.8. The van der Waals surface area contributed by atoms with Gasteiger partial charge in [0.2, 0.25) is 0 Å². The van der Waals surface area contributed by atoms with Crippen LogP contribution in [0.15, 0.2) is 66.7 Å². The molecule has 0 aliphatic rings. The van der Waals surface area contributed by atoms with Gasteiger partial charge in [0.25, 0.3) is 0 Å². The Kier molecular flexibility index (Phi) is 4.87. The molecular weight excluding hydrogens is 304 g/mol. The molecule has 4 nitrogen and oxygen atoms in total. The number of rotatable bonds is 6. The van der Waals surface area contributed by atoms with Gasteiger partial charge in [-0.1, -0.05) is 54.6 Å². The molecule has 0 unspecified atom stereocenters. The fraction of sp³-hybridized carbons (Fsp3) is 0.100. The fourth-order valence-electron chi connectivity index (χ4n) is 2.46. The zero-order valence-electron chi connectivity index (χ0n) is 13.0. The average molecular weight is 320 g/mol. The first-order valence-electron chi connectivity index (χ1n) is 7.57. The van der Waals surface area contributed by atoms with Gasteiger partial charge >= 0.3 is 5.97 Å². The maximum atomic E-state index is 11.9. The molecule has 0 N–H and O–H groups in total. The van der Waals surface area contributed by atoms with E-state index in [0.29, 0.717) is 17.6 Å². The number of aldehydes is 1. The number of benzene rings is 3. The molecule has 0 aromatic heterocycles. The molecule has 3 aromatic carbocycles. The Morgan fingerprint density at radius 1 is 0.917 bits per heavy atom. The lowest BCUT2D eigenvalue weighted by Crippen LogP contribution is -2.15. The van der Waals surface area contributed by atoms with Crippen molar-refractivity contribution in [2.45, 2.75) is 6.61 Å². The highest BCUT2D eigenvalue weighted by Gasteiger charge is 2.08.